The molecule has 3 aromatic rings. The van der Waals surface area contributed by atoms with Gasteiger partial charge in [-0.25, -0.2) is 5.53 Å². The highest BCUT2D eigenvalue weighted by molar-refractivity contribution is 6.33. The van der Waals surface area contributed by atoms with Gasteiger partial charge in [-0.1, -0.05) is 48.9 Å². The van der Waals surface area contributed by atoms with Crippen LogP contribution in [0.3, 0.4) is 0 Å². The molecule has 1 aliphatic heterocycles. The number of aromatic hydroxyl groups is 1. The zero-order valence-corrected chi connectivity index (χ0v) is 24.1. The molecular weight excluding hydrogens is 500 g/mol. The number of hydrazone groups is 1. The first-order valence-electron chi connectivity index (χ1n) is 13.4. The van der Waals surface area contributed by atoms with Crippen LogP contribution in [-0.2, 0) is 0 Å². The van der Waals surface area contributed by atoms with Gasteiger partial charge in [0.05, 0.1) is 7.11 Å². The number of benzene rings is 3. The summed E-state index contributed by atoms with van der Waals surface area (Å²) < 4.78 is 11.6. The second-order valence-corrected chi connectivity index (χ2v) is 9.79. The molecule has 4 rings (SSSR count). The van der Waals surface area contributed by atoms with Crippen LogP contribution in [0.2, 0.25) is 0 Å². The molecular formula is C33H38N4O3. The fourth-order valence-corrected chi connectivity index (χ4v) is 4.48. The Bertz CT molecular complexity index is 1460. The van der Waals surface area contributed by atoms with Gasteiger partial charge < -0.3 is 19.5 Å². The second kappa shape index (κ2) is 12.9. The van der Waals surface area contributed by atoms with Gasteiger partial charge in [-0.05, 0) is 69.2 Å². The van der Waals surface area contributed by atoms with E-state index < -0.39 is 0 Å². The van der Waals surface area contributed by atoms with Gasteiger partial charge in [0.2, 0.25) is 0 Å². The Hall–Kier alpha value is -4.65. The van der Waals surface area contributed by atoms with Crippen LogP contribution in [0.15, 0.2) is 101 Å². The summed E-state index contributed by atoms with van der Waals surface area (Å²) >= 11 is 0. The van der Waals surface area contributed by atoms with Crippen LogP contribution in [-0.4, -0.2) is 31.6 Å². The van der Waals surface area contributed by atoms with Crippen molar-refractivity contribution in [3.8, 4) is 17.2 Å². The van der Waals surface area contributed by atoms with E-state index in [0.717, 1.165) is 40.3 Å². The number of para-hydroxylation sites is 1. The highest BCUT2D eigenvalue weighted by atomic mass is 16.5. The van der Waals surface area contributed by atoms with E-state index in [1.165, 1.54) is 5.57 Å². The van der Waals surface area contributed by atoms with Gasteiger partial charge in [0.25, 0.3) is 0 Å². The van der Waals surface area contributed by atoms with Gasteiger partial charge >= 0.3 is 0 Å². The maximum Gasteiger partial charge on any atom is 0.131 e. The minimum atomic E-state index is 0.131. The molecule has 0 saturated carbocycles. The van der Waals surface area contributed by atoms with Crippen LogP contribution >= 0.6 is 0 Å². The maximum atomic E-state index is 11.3. The van der Waals surface area contributed by atoms with E-state index in [2.05, 4.69) is 59.2 Å². The standard InChI is InChI=1S/C33H38N4O3/c1-7-22(2)19-25(20-37(5)27-11-9-8-10-12-27)21-40-30-18-17-29(33(38)23(30)3)32-31(24(4)34-36-35-32)26-13-15-28(39-6)16-14-26/h8-20,34,36,38H,7,21H2,1-6H3/b22-19-,25-20+. The molecule has 40 heavy (non-hydrogen) atoms. The van der Waals surface area contributed by atoms with E-state index >= 15 is 0 Å². The summed E-state index contributed by atoms with van der Waals surface area (Å²) in [7, 11) is 3.67. The fourth-order valence-electron chi connectivity index (χ4n) is 4.48. The van der Waals surface area contributed by atoms with E-state index in [1.807, 2.05) is 75.5 Å². The Kier molecular flexibility index (Phi) is 9.17. The van der Waals surface area contributed by atoms with Crippen LogP contribution in [0.1, 0.15) is 43.9 Å². The van der Waals surface area contributed by atoms with Gasteiger partial charge in [-0.15, -0.1) is 0 Å². The van der Waals surface area contributed by atoms with Gasteiger partial charge in [-0.3, -0.25) is 5.43 Å². The molecule has 0 bridgehead atoms. The number of hydrogen-bond donors (Lipinski definition) is 3. The van der Waals surface area contributed by atoms with Crippen molar-refractivity contribution in [3.63, 3.8) is 0 Å². The Balaban J connectivity index is 1.61. The highest BCUT2D eigenvalue weighted by Crippen LogP contribution is 2.35. The third-order valence-corrected chi connectivity index (χ3v) is 6.94. The number of hydrogen-bond acceptors (Lipinski definition) is 7. The topological polar surface area (TPSA) is 78.4 Å². The number of nitrogens with zero attached hydrogens (tertiary/aromatic N) is 2. The third-order valence-electron chi connectivity index (χ3n) is 6.94. The predicted octanol–water partition coefficient (Wildman–Crippen LogP) is 6.71. The third kappa shape index (κ3) is 6.49. The molecule has 208 valence electrons. The SMILES string of the molecule is CC/C(C)=C\C(=C/N(C)c1ccccc1)COc1ccc(C2=NNNC(C)=C2c2ccc(OC)cc2)c(O)c1C. The number of anilines is 1. The van der Waals surface area contributed by atoms with Crippen LogP contribution in [0.25, 0.3) is 5.57 Å². The minimum Gasteiger partial charge on any atom is -0.507 e. The number of phenolic OH excluding ortho intramolecular Hbond substituents is 1. The van der Waals surface area contributed by atoms with Crippen LogP contribution in [0, 0.1) is 6.92 Å². The summed E-state index contributed by atoms with van der Waals surface area (Å²) in [5.41, 5.74) is 14.0. The average molecular weight is 539 g/mol. The molecule has 0 fully saturated rings. The van der Waals surface area contributed by atoms with Gasteiger partial charge in [-0.2, -0.15) is 5.10 Å². The smallest absolute Gasteiger partial charge is 0.131 e. The molecule has 0 amide bonds. The largest absolute Gasteiger partial charge is 0.507 e. The van der Waals surface area contributed by atoms with Gasteiger partial charge in [0, 0.05) is 46.9 Å². The first kappa shape index (κ1) is 28.4. The summed E-state index contributed by atoms with van der Waals surface area (Å²) in [6, 6.07) is 21.7. The number of nitrogens with one attached hydrogen (secondary N) is 2. The van der Waals surface area contributed by atoms with Gasteiger partial charge in [0.15, 0.2) is 0 Å². The molecule has 0 atom stereocenters. The fraction of sp³-hybridized carbons (Fsp3) is 0.242. The molecule has 0 spiro atoms. The number of ether oxygens (including phenoxy) is 2. The van der Waals surface area contributed by atoms with Crippen molar-refractivity contribution in [3.05, 3.63) is 113 Å². The highest BCUT2D eigenvalue weighted by Gasteiger charge is 2.23. The maximum absolute atomic E-state index is 11.3. The Morgan fingerprint density at radius 2 is 1.75 bits per heavy atom. The Morgan fingerprint density at radius 1 is 1.02 bits per heavy atom. The molecule has 0 aromatic heterocycles. The molecule has 3 N–H and O–H groups in total. The summed E-state index contributed by atoms with van der Waals surface area (Å²) in [4.78, 5) is 2.09. The van der Waals surface area contributed by atoms with Crippen molar-refractivity contribution in [1.82, 2.24) is 11.0 Å². The molecule has 0 saturated heterocycles. The van der Waals surface area contributed by atoms with Gasteiger partial charge in [0.1, 0.15) is 29.6 Å². The van der Waals surface area contributed by atoms with Crippen molar-refractivity contribution < 1.29 is 14.6 Å². The summed E-state index contributed by atoms with van der Waals surface area (Å²) in [5.74, 6) is 1.52. The first-order chi connectivity index (χ1) is 19.3. The normalized spacial score (nSPS) is 13.8. The molecule has 0 aliphatic carbocycles. The van der Waals surface area contributed by atoms with Crippen molar-refractivity contribution in [2.45, 2.75) is 34.1 Å². The Morgan fingerprint density at radius 3 is 2.42 bits per heavy atom. The first-order valence-corrected chi connectivity index (χ1v) is 13.4. The lowest BCUT2D eigenvalue weighted by molar-refractivity contribution is 0.348. The average Bonchev–Trinajstić information content (AvgIpc) is 2.98. The number of methoxy groups -OCH3 is 1. The van der Waals surface area contributed by atoms with E-state index in [4.69, 9.17) is 9.47 Å². The molecule has 0 radical (unpaired) electrons. The lowest BCUT2D eigenvalue weighted by atomic mass is 9.92. The summed E-state index contributed by atoms with van der Waals surface area (Å²) in [5, 5.41) is 15.8. The Labute approximate surface area is 237 Å². The van der Waals surface area contributed by atoms with Crippen LogP contribution in [0.5, 0.6) is 17.2 Å². The van der Waals surface area contributed by atoms with Crippen molar-refractivity contribution >= 4 is 17.0 Å². The molecule has 1 heterocycles. The number of phenols is 1. The second-order valence-electron chi connectivity index (χ2n) is 9.79. The molecule has 3 aromatic carbocycles. The van der Waals surface area contributed by atoms with Crippen molar-refractivity contribution in [2.75, 3.05) is 25.7 Å². The van der Waals surface area contributed by atoms with Crippen molar-refractivity contribution in [2.24, 2.45) is 5.10 Å². The van der Waals surface area contributed by atoms with Crippen molar-refractivity contribution in [1.29, 1.82) is 0 Å². The number of rotatable bonds is 10. The predicted molar refractivity (Wildman–Crippen MR) is 164 cm³/mol. The lowest BCUT2D eigenvalue weighted by Crippen LogP contribution is -2.33. The van der Waals surface area contributed by atoms with Crippen LogP contribution in [0.4, 0.5) is 5.69 Å². The molecule has 7 nitrogen and oxygen atoms in total. The van der Waals surface area contributed by atoms with E-state index in [-0.39, 0.29) is 5.75 Å². The quantitative estimate of drug-likeness (QED) is 0.249. The van der Waals surface area contributed by atoms with Crippen LogP contribution < -0.4 is 25.3 Å². The zero-order valence-electron chi connectivity index (χ0n) is 24.1. The van der Waals surface area contributed by atoms with E-state index in [9.17, 15) is 5.11 Å². The molecule has 7 heteroatoms. The number of allylic oxidation sites excluding steroid dienone is 3. The monoisotopic (exact) mass is 538 g/mol. The van der Waals surface area contributed by atoms with E-state index in [0.29, 0.717) is 29.2 Å². The molecule has 1 aliphatic rings. The zero-order chi connectivity index (χ0) is 28.6. The molecule has 0 unspecified atom stereocenters. The van der Waals surface area contributed by atoms with E-state index in [1.54, 1.807) is 7.11 Å². The number of hydrazine groups is 1. The lowest BCUT2D eigenvalue weighted by Gasteiger charge is -2.23. The minimum absolute atomic E-state index is 0.131. The summed E-state index contributed by atoms with van der Waals surface area (Å²) in [6.07, 6.45) is 5.20. The summed E-state index contributed by atoms with van der Waals surface area (Å²) in [6.45, 7) is 8.44.